The molecule has 2 aromatic carbocycles. The molecule has 1 unspecified atom stereocenters. The number of cyclic esters (lactones) is 1. The standard InChI is InChI=1S/C18H19ClN2O3.CH4O3S/c1-20-10-17-11-21(18(22)24-17)15-5-7-16(8-6-15)23-12-13-3-2-4-14(19)9-13;1-5(2,3)4/h2-9,17,20H,10-12H2,1H3;1H3,(H,2,3,4). The van der Waals surface area contributed by atoms with E-state index in [-0.39, 0.29) is 12.2 Å². The zero-order valence-corrected chi connectivity index (χ0v) is 17.6. The van der Waals surface area contributed by atoms with E-state index in [0.717, 1.165) is 17.0 Å². The number of nitrogens with one attached hydrogen (secondary N) is 1. The molecule has 2 N–H and O–H groups in total. The summed E-state index contributed by atoms with van der Waals surface area (Å²) in [7, 11) is -1.83. The summed E-state index contributed by atoms with van der Waals surface area (Å²) in [5.74, 6) is 0.734. The van der Waals surface area contributed by atoms with Crippen molar-refractivity contribution in [2.24, 2.45) is 0 Å². The molecule has 158 valence electrons. The Morgan fingerprint density at radius 2 is 1.93 bits per heavy atom. The SMILES string of the molecule is CNCC1CN(c2ccc(OCc3cccc(Cl)c3)cc2)C(=O)O1.CS(=O)(=O)O. The predicted octanol–water partition coefficient (Wildman–Crippen LogP) is 2.97. The van der Waals surface area contributed by atoms with Crippen LogP contribution in [0, 0.1) is 0 Å². The number of rotatable bonds is 6. The fraction of sp³-hybridized carbons (Fsp3) is 0.316. The minimum atomic E-state index is -3.67. The molecule has 0 aliphatic carbocycles. The molecular weight excluding hydrogens is 420 g/mol. The van der Waals surface area contributed by atoms with Crippen LogP contribution in [0.3, 0.4) is 0 Å². The number of carbonyl (C=O) groups is 1. The molecule has 1 aliphatic heterocycles. The quantitative estimate of drug-likeness (QED) is 0.662. The van der Waals surface area contributed by atoms with Crippen molar-refractivity contribution in [2.75, 3.05) is 31.3 Å². The zero-order valence-electron chi connectivity index (χ0n) is 16.0. The Hall–Kier alpha value is -2.33. The Labute approximate surface area is 175 Å². The van der Waals surface area contributed by atoms with Crippen LogP contribution in [0.5, 0.6) is 5.75 Å². The Bertz CT molecular complexity index is 913. The molecule has 1 heterocycles. The summed E-state index contributed by atoms with van der Waals surface area (Å²) >= 11 is 5.96. The van der Waals surface area contributed by atoms with Crippen LogP contribution in [0.4, 0.5) is 10.5 Å². The van der Waals surface area contributed by atoms with Gasteiger partial charge in [-0.15, -0.1) is 0 Å². The Morgan fingerprint density at radius 1 is 1.28 bits per heavy atom. The number of ether oxygens (including phenoxy) is 2. The molecule has 1 aliphatic rings. The van der Waals surface area contributed by atoms with Crippen LogP contribution < -0.4 is 15.0 Å². The van der Waals surface area contributed by atoms with E-state index in [2.05, 4.69) is 5.32 Å². The van der Waals surface area contributed by atoms with Crippen LogP contribution in [0.1, 0.15) is 5.56 Å². The van der Waals surface area contributed by atoms with Gasteiger partial charge in [0.2, 0.25) is 0 Å². The Morgan fingerprint density at radius 3 is 2.52 bits per heavy atom. The van der Waals surface area contributed by atoms with Gasteiger partial charge in [-0.05, 0) is 49.0 Å². The maximum atomic E-state index is 11.9. The van der Waals surface area contributed by atoms with Crippen LogP contribution in [-0.2, 0) is 21.5 Å². The molecule has 10 heteroatoms. The van der Waals surface area contributed by atoms with Crippen LogP contribution >= 0.6 is 11.6 Å². The first-order valence-corrected chi connectivity index (χ1v) is 10.9. The first-order chi connectivity index (χ1) is 13.7. The van der Waals surface area contributed by atoms with Crippen molar-refractivity contribution in [2.45, 2.75) is 12.7 Å². The maximum absolute atomic E-state index is 11.9. The first-order valence-electron chi connectivity index (χ1n) is 8.68. The van der Waals surface area contributed by atoms with Crippen molar-refractivity contribution in [3.63, 3.8) is 0 Å². The van der Waals surface area contributed by atoms with Crippen molar-refractivity contribution in [3.05, 3.63) is 59.1 Å². The largest absolute Gasteiger partial charge is 0.489 e. The molecule has 1 saturated heterocycles. The molecule has 0 aromatic heterocycles. The number of hydrogen-bond acceptors (Lipinski definition) is 6. The molecular formula is C19H23ClN2O6S. The number of halogens is 1. The van der Waals surface area contributed by atoms with Gasteiger partial charge in [0, 0.05) is 17.3 Å². The molecule has 0 saturated carbocycles. The lowest BCUT2D eigenvalue weighted by molar-refractivity contribution is 0.141. The molecule has 1 atom stereocenters. The lowest BCUT2D eigenvalue weighted by atomic mass is 10.2. The van der Waals surface area contributed by atoms with Gasteiger partial charge in [0.1, 0.15) is 18.5 Å². The van der Waals surface area contributed by atoms with Gasteiger partial charge >= 0.3 is 6.09 Å². The van der Waals surface area contributed by atoms with Crippen LogP contribution in [0.15, 0.2) is 48.5 Å². The van der Waals surface area contributed by atoms with E-state index in [1.165, 1.54) is 0 Å². The van der Waals surface area contributed by atoms with Gasteiger partial charge in [-0.2, -0.15) is 8.42 Å². The highest BCUT2D eigenvalue weighted by molar-refractivity contribution is 7.85. The number of carbonyl (C=O) groups excluding carboxylic acids is 1. The summed E-state index contributed by atoms with van der Waals surface area (Å²) in [6.07, 6.45) is 0.275. The highest BCUT2D eigenvalue weighted by atomic mass is 35.5. The number of nitrogens with zero attached hydrogens (tertiary/aromatic N) is 1. The third kappa shape index (κ3) is 8.28. The second-order valence-electron chi connectivity index (χ2n) is 6.32. The first kappa shape index (κ1) is 23.0. The topological polar surface area (TPSA) is 105 Å². The summed E-state index contributed by atoms with van der Waals surface area (Å²) in [6.45, 7) is 1.63. The molecule has 29 heavy (non-hydrogen) atoms. The number of likely N-dealkylation sites (N-methyl/N-ethyl adjacent to an activating group) is 1. The maximum Gasteiger partial charge on any atom is 0.414 e. The van der Waals surface area contributed by atoms with E-state index < -0.39 is 10.1 Å². The van der Waals surface area contributed by atoms with Crippen molar-refractivity contribution in [1.29, 1.82) is 0 Å². The van der Waals surface area contributed by atoms with Crippen molar-refractivity contribution in [3.8, 4) is 5.75 Å². The van der Waals surface area contributed by atoms with Crippen LogP contribution in [-0.4, -0.2) is 51.6 Å². The normalized spacial score (nSPS) is 16.1. The fourth-order valence-electron chi connectivity index (χ4n) is 2.58. The number of amides is 1. The molecule has 3 rings (SSSR count). The van der Waals surface area contributed by atoms with Gasteiger partial charge in [-0.1, -0.05) is 23.7 Å². The van der Waals surface area contributed by atoms with E-state index in [0.29, 0.717) is 31.0 Å². The van der Waals surface area contributed by atoms with Crippen LogP contribution in [0.2, 0.25) is 5.02 Å². The molecule has 8 nitrogen and oxygen atoms in total. The van der Waals surface area contributed by atoms with Gasteiger partial charge in [-0.3, -0.25) is 9.45 Å². The second-order valence-corrected chi connectivity index (χ2v) is 8.22. The van der Waals surface area contributed by atoms with E-state index in [9.17, 15) is 13.2 Å². The molecule has 1 amide bonds. The highest BCUT2D eigenvalue weighted by Crippen LogP contribution is 2.24. The third-order valence-electron chi connectivity index (χ3n) is 3.75. The number of hydrogen-bond donors (Lipinski definition) is 2. The van der Waals surface area contributed by atoms with Crippen LogP contribution in [0.25, 0.3) is 0 Å². The second kappa shape index (κ2) is 10.4. The summed E-state index contributed by atoms with van der Waals surface area (Å²) in [4.78, 5) is 13.5. The van der Waals surface area contributed by atoms with E-state index in [1.54, 1.807) is 4.90 Å². The molecule has 0 spiro atoms. The van der Waals surface area contributed by atoms with Crippen molar-refractivity contribution in [1.82, 2.24) is 5.32 Å². The van der Waals surface area contributed by atoms with E-state index in [1.807, 2.05) is 55.6 Å². The Balaban J connectivity index is 0.000000537. The summed E-state index contributed by atoms with van der Waals surface area (Å²) < 4.78 is 36.9. The lowest BCUT2D eigenvalue weighted by Gasteiger charge is -2.14. The molecule has 2 aromatic rings. The van der Waals surface area contributed by atoms with Gasteiger partial charge < -0.3 is 14.8 Å². The Kier molecular flexibility index (Phi) is 8.27. The monoisotopic (exact) mass is 442 g/mol. The highest BCUT2D eigenvalue weighted by Gasteiger charge is 2.31. The molecule has 0 bridgehead atoms. The van der Waals surface area contributed by atoms with E-state index in [4.69, 9.17) is 25.6 Å². The molecule has 1 fully saturated rings. The average Bonchev–Trinajstić information content (AvgIpc) is 3.00. The smallest absolute Gasteiger partial charge is 0.414 e. The fourth-order valence-corrected chi connectivity index (χ4v) is 2.79. The predicted molar refractivity (Wildman–Crippen MR) is 111 cm³/mol. The minimum absolute atomic E-state index is 0.124. The summed E-state index contributed by atoms with van der Waals surface area (Å²) in [6, 6.07) is 15.0. The summed E-state index contributed by atoms with van der Waals surface area (Å²) in [5, 5.41) is 3.70. The average molecular weight is 443 g/mol. The number of anilines is 1. The van der Waals surface area contributed by atoms with Crippen molar-refractivity contribution >= 4 is 33.5 Å². The molecule has 0 radical (unpaired) electrons. The van der Waals surface area contributed by atoms with Gasteiger partial charge in [0.05, 0.1) is 12.8 Å². The third-order valence-corrected chi connectivity index (χ3v) is 3.98. The van der Waals surface area contributed by atoms with Gasteiger partial charge in [0.25, 0.3) is 10.1 Å². The zero-order chi connectivity index (χ0) is 21.4. The van der Waals surface area contributed by atoms with Gasteiger partial charge in [0.15, 0.2) is 0 Å². The number of benzene rings is 2. The lowest BCUT2D eigenvalue weighted by Crippen LogP contribution is -2.28. The van der Waals surface area contributed by atoms with Gasteiger partial charge in [-0.25, -0.2) is 4.79 Å². The van der Waals surface area contributed by atoms with E-state index >= 15 is 0 Å². The van der Waals surface area contributed by atoms with Crippen molar-refractivity contribution < 1.29 is 27.2 Å². The summed E-state index contributed by atoms with van der Waals surface area (Å²) in [5.41, 5.74) is 1.80. The minimum Gasteiger partial charge on any atom is -0.489 e.